The first-order chi connectivity index (χ1) is 23.5. The zero-order valence-corrected chi connectivity index (χ0v) is 31.6. The summed E-state index contributed by atoms with van der Waals surface area (Å²) < 4.78 is 25.9. The molecule has 0 saturated carbocycles. The molecule has 14 heteroatoms. The highest BCUT2D eigenvalue weighted by molar-refractivity contribution is 5.85. The van der Waals surface area contributed by atoms with Gasteiger partial charge in [0.05, 0.1) is 0 Å². The first kappa shape index (κ1) is 46.3. The van der Waals surface area contributed by atoms with Crippen molar-refractivity contribution < 1.29 is 57.2 Å². The Hall–Kier alpha value is -3.71. The van der Waals surface area contributed by atoms with Gasteiger partial charge < -0.3 is 34.3 Å². The molecule has 0 aromatic heterocycles. The summed E-state index contributed by atoms with van der Waals surface area (Å²) in [6.45, 7) is 13.5. The van der Waals surface area contributed by atoms with E-state index in [1.54, 1.807) is 0 Å². The number of unbranched alkanes of at least 4 members (excludes halogenated alkanes) is 1. The third-order valence-corrected chi connectivity index (χ3v) is 8.26. The van der Waals surface area contributed by atoms with Gasteiger partial charge in [-0.25, -0.2) is 0 Å². The lowest BCUT2D eigenvalue weighted by Gasteiger charge is -2.34. The van der Waals surface area contributed by atoms with E-state index in [-0.39, 0.29) is 19.0 Å². The summed E-state index contributed by atoms with van der Waals surface area (Å²) in [7, 11) is 0. The second-order valence-electron chi connectivity index (χ2n) is 13.2. The van der Waals surface area contributed by atoms with Gasteiger partial charge in [0.25, 0.3) is 5.91 Å². The maximum Gasteiger partial charge on any atom is 0.303 e. The molecule has 2 N–H and O–H groups in total. The fourth-order valence-electron chi connectivity index (χ4n) is 5.34. The lowest BCUT2D eigenvalue weighted by Crippen LogP contribution is -2.57. The molecule has 0 aromatic carbocycles. The Morgan fingerprint density at radius 3 is 1.54 bits per heavy atom. The average Bonchev–Trinajstić information content (AvgIpc) is 3.02. The molecule has 14 nitrogen and oxygen atoms in total. The molecule has 50 heavy (non-hydrogen) atoms. The monoisotopic (exact) mass is 714 g/mol. The van der Waals surface area contributed by atoms with Crippen LogP contribution in [0.3, 0.4) is 0 Å². The highest BCUT2D eigenvalue weighted by atomic mass is 16.6. The first-order valence-electron chi connectivity index (χ1n) is 17.8. The molecule has 0 heterocycles. The van der Waals surface area contributed by atoms with Gasteiger partial charge in [-0.3, -0.25) is 33.6 Å². The SMILES string of the molecule is CCC(C)CCCCC(C)CCC[C@H](C)CCC(=O)NCCNC(=O)[C@H](OC(C)=O)[C@@H](OC(C)=O)[C@H](OC(C)=O)[C@H](COC(C)=O)OC(C)=O. The van der Waals surface area contributed by atoms with Crippen LogP contribution in [0.1, 0.15) is 127 Å². The number of rotatable bonds is 26. The van der Waals surface area contributed by atoms with E-state index in [2.05, 4.69) is 38.3 Å². The summed E-state index contributed by atoms with van der Waals surface area (Å²) in [5.74, 6) is -3.69. The molecule has 7 atom stereocenters. The molecule has 0 spiro atoms. The number of ether oxygens (including phenoxy) is 5. The number of hydrogen-bond donors (Lipinski definition) is 2. The summed E-state index contributed by atoms with van der Waals surface area (Å²) in [5, 5.41) is 5.25. The molecule has 288 valence electrons. The topological polar surface area (TPSA) is 190 Å². The van der Waals surface area contributed by atoms with Crippen LogP contribution in [0, 0.1) is 17.8 Å². The van der Waals surface area contributed by atoms with Crippen LogP contribution in [0.2, 0.25) is 0 Å². The van der Waals surface area contributed by atoms with Crippen molar-refractivity contribution in [2.24, 2.45) is 17.8 Å². The molecule has 0 radical (unpaired) electrons. The fraction of sp³-hybridized carbons (Fsp3) is 0.806. The number of hydrogen-bond acceptors (Lipinski definition) is 12. The lowest BCUT2D eigenvalue weighted by atomic mass is 9.92. The zero-order valence-electron chi connectivity index (χ0n) is 31.6. The van der Waals surface area contributed by atoms with Gasteiger partial charge in [-0.2, -0.15) is 0 Å². The summed E-state index contributed by atoms with van der Waals surface area (Å²) in [4.78, 5) is 85.3. The van der Waals surface area contributed by atoms with Crippen molar-refractivity contribution in [3.63, 3.8) is 0 Å². The second-order valence-corrected chi connectivity index (χ2v) is 13.2. The van der Waals surface area contributed by atoms with Crippen LogP contribution in [-0.4, -0.2) is 85.8 Å². The number of carbonyl (C=O) groups excluding carboxylic acids is 7. The fourth-order valence-corrected chi connectivity index (χ4v) is 5.34. The van der Waals surface area contributed by atoms with E-state index in [1.807, 2.05) is 0 Å². The summed E-state index contributed by atoms with van der Waals surface area (Å²) in [6.07, 6.45) is 3.80. The van der Waals surface area contributed by atoms with Gasteiger partial charge in [0, 0.05) is 54.1 Å². The van der Waals surface area contributed by atoms with Crippen LogP contribution in [0.25, 0.3) is 0 Å². The van der Waals surface area contributed by atoms with Crippen molar-refractivity contribution in [1.29, 1.82) is 0 Å². The number of carbonyl (C=O) groups is 7. The van der Waals surface area contributed by atoms with Crippen molar-refractivity contribution in [3.05, 3.63) is 0 Å². The molecule has 0 rings (SSSR count). The van der Waals surface area contributed by atoms with E-state index in [1.165, 1.54) is 38.5 Å². The molecule has 0 aliphatic heterocycles. The summed E-state index contributed by atoms with van der Waals surface area (Å²) >= 11 is 0. The standard InChI is InChI=1S/C36H62N2O12/c1-10-23(2)14-11-12-15-24(3)16-13-17-25(4)18-19-32(44)37-20-21-38-36(45)35(50-30(9)43)34(49-29(8)42)33(48-28(7)41)31(47-27(6)40)22-46-26(5)39/h23-25,31,33-35H,10-22H2,1-9H3,(H,37,44)(H,38,45)/t23?,24?,25-,31-,33+,34-,35+/m0/s1. The minimum Gasteiger partial charge on any atom is -0.462 e. The van der Waals surface area contributed by atoms with Crippen LogP contribution in [0.5, 0.6) is 0 Å². The smallest absolute Gasteiger partial charge is 0.303 e. The molecule has 2 amide bonds. The van der Waals surface area contributed by atoms with E-state index < -0.39 is 66.8 Å². The van der Waals surface area contributed by atoms with Gasteiger partial charge in [0.1, 0.15) is 6.61 Å². The normalized spacial score (nSPS) is 15.1. The van der Waals surface area contributed by atoms with Crippen molar-refractivity contribution >= 4 is 41.7 Å². The molecule has 0 aliphatic rings. The van der Waals surface area contributed by atoms with Gasteiger partial charge in [0.2, 0.25) is 12.0 Å². The Balaban J connectivity index is 5.19. The van der Waals surface area contributed by atoms with Gasteiger partial charge >= 0.3 is 29.8 Å². The molecule has 2 unspecified atom stereocenters. The third-order valence-electron chi connectivity index (χ3n) is 8.26. The predicted octanol–water partition coefficient (Wildman–Crippen LogP) is 4.34. The summed E-state index contributed by atoms with van der Waals surface area (Å²) in [5.41, 5.74) is 0. The molecular weight excluding hydrogens is 652 g/mol. The zero-order chi connectivity index (χ0) is 38.2. The van der Waals surface area contributed by atoms with Crippen LogP contribution in [-0.2, 0) is 57.2 Å². The Kier molecular flexibility index (Phi) is 24.2. The molecule has 0 saturated heterocycles. The van der Waals surface area contributed by atoms with Gasteiger partial charge in [-0.15, -0.1) is 0 Å². The maximum atomic E-state index is 13.3. The minimum atomic E-state index is -1.89. The largest absolute Gasteiger partial charge is 0.462 e. The van der Waals surface area contributed by atoms with Crippen LogP contribution in [0.15, 0.2) is 0 Å². The Morgan fingerprint density at radius 2 is 1.02 bits per heavy atom. The average molecular weight is 715 g/mol. The number of esters is 5. The van der Waals surface area contributed by atoms with Crippen LogP contribution >= 0.6 is 0 Å². The maximum absolute atomic E-state index is 13.3. The van der Waals surface area contributed by atoms with E-state index in [9.17, 15) is 33.6 Å². The predicted molar refractivity (Wildman–Crippen MR) is 184 cm³/mol. The Morgan fingerprint density at radius 1 is 0.540 bits per heavy atom. The third kappa shape index (κ3) is 22.8. The van der Waals surface area contributed by atoms with Gasteiger partial charge in [0.15, 0.2) is 18.3 Å². The molecule has 0 aromatic rings. The van der Waals surface area contributed by atoms with Crippen LogP contribution in [0.4, 0.5) is 0 Å². The van der Waals surface area contributed by atoms with Crippen molar-refractivity contribution in [3.8, 4) is 0 Å². The van der Waals surface area contributed by atoms with E-state index in [0.717, 1.165) is 59.8 Å². The molecule has 0 fully saturated rings. The van der Waals surface area contributed by atoms with Crippen LogP contribution < -0.4 is 10.6 Å². The van der Waals surface area contributed by atoms with Gasteiger partial charge in [-0.1, -0.05) is 79.1 Å². The highest BCUT2D eigenvalue weighted by Crippen LogP contribution is 2.22. The van der Waals surface area contributed by atoms with E-state index in [4.69, 9.17) is 23.7 Å². The number of nitrogens with one attached hydrogen (secondary N) is 2. The molecular formula is C36H62N2O12. The Bertz CT molecular complexity index is 1080. The highest BCUT2D eigenvalue weighted by Gasteiger charge is 2.46. The molecule has 0 aliphatic carbocycles. The Labute approximate surface area is 297 Å². The van der Waals surface area contributed by atoms with E-state index >= 15 is 0 Å². The van der Waals surface area contributed by atoms with Crippen molar-refractivity contribution in [2.45, 2.75) is 151 Å². The molecule has 0 bridgehead atoms. The number of amides is 2. The minimum absolute atomic E-state index is 0.0500. The second kappa shape index (κ2) is 26.1. The lowest BCUT2D eigenvalue weighted by molar-refractivity contribution is -0.203. The first-order valence-corrected chi connectivity index (χ1v) is 17.8. The van der Waals surface area contributed by atoms with Gasteiger partial charge in [-0.05, 0) is 24.2 Å². The van der Waals surface area contributed by atoms with Crippen molar-refractivity contribution in [2.75, 3.05) is 19.7 Å². The van der Waals surface area contributed by atoms with Crippen molar-refractivity contribution in [1.82, 2.24) is 10.6 Å². The van der Waals surface area contributed by atoms with E-state index in [0.29, 0.717) is 18.3 Å². The summed E-state index contributed by atoms with van der Waals surface area (Å²) in [6, 6.07) is 0. The quantitative estimate of drug-likeness (QED) is 0.0734.